The third-order valence-electron chi connectivity index (χ3n) is 6.79. The van der Waals surface area contributed by atoms with E-state index in [1.54, 1.807) is 0 Å². The molecule has 4 aromatic carbocycles. The summed E-state index contributed by atoms with van der Waals surface area (Å²) in [5.41, 5.74) is 1.98. The number of ether oxygens (including phenoxy) is 2. The first-order chi connectivity index (χ1) is 20.1. The van der Waals surface area contributed by atoms with Crippen LogP contribution in [0.25, 0.3) is 6.08 Å². The first-order valence-corrected chi connectivity index (χ1v) is 14.3. The van der Waals surface area contributed by atoms with Crippen molar-refractivity contribution in [1.82, 2.24) is 0 Å². The lowest BCUT2D eigenvalue weighted by Gasteiger charge is -2.30. The number of aliphatic hydroxyl groups excluding tert-OH is 1. The van der Waals surface area contributed by atoms with Gasteiger partial charge in [0.2, 0.25) is 5.90 Å². The van der Waals surface area contributed by atoms with E-state index in [1.807, 2.05) is 121 Å². The fourth-order valence-electron chi connectivity index (χ4n) is 4.68. The molecule has 0 radical (unpaired) electrons. The lowest BCUT2D eigenvalue weighted by atomic mass is 9.84. The summed E-state index contributed by atoms with van der Waals surface area (Å²) in [5.74, 6) is 0.798. The van der Waals surface area contributed by atoms with Gasteiger partial charge in [0, 0.05) is 40.7 Å². The van der Waals surface area contributed by atoms with Crippen molar-refractivity contribution in [2.45, 2.75) is 24.5 Å². The van der Waals surface area contributed by atoms with Gasteiger partial charge in [-0.05, 0) is 48.0 Å². The summed E-state index contributed by atoms with van der Waals surface area (Å²) in [6.07, 6.45) is 4.15. The van der Waals surface area contributed by atoms with E-state index < -0.39 is 11.6 Å². The fraction of sp³-hybridized carbons (Fsp3) is 0.176. The quantitative estimate of drug-likeness (QED) is 0.176. The maximum atomic E-state index is 14.3. The zero-order valence-electron chi connectivity index (χ0n) is 22.4. The second-order valence-corrected chi connectivity index (χ2v) is 10.5. The summed E-state index contributed by atoms with van der Waals surface area (Å²) in [7, 11) is 0. The molecule has 4 aromatic rings. The molecule has 0 fully saturated rings. The van der Waals surface area contributed by atoms with Crippen LogP contribution in [-0.2, 0) is 9.53 Å². The third kappa shape index (κ3) is 6.76. The Labute approximate surface area is 248 Å². The largest absolute Gasteiger partial charge is 0.494 e. The molecular formula is C34H31BrN2O4. The number of carbonyl (C=O) groups is 1. The number of anilines is 1. The minimum Gasteiger partial charge on any atom is -0.494 e. The third-order valence-corrected chi connectivity index (χ3v) is 7.51. The number of carbonyl (C=O) groups excluding carboxylic acids is 1. The van der Waals surface area contributed by atoms with Gasteiger partial charge >= 0.3 is 0 Å². The van der Waals surface area contributed by atoms with Gasteiger partial charge in [0.1, 0.15) is 5.75 Å². The van der Waals surface area contributed by atoms with Gasteiger partial charge in [-0.3, -0.25) is 4.79 Å². The van der Waals surface area contributed by atoms with Gasteiger partial charge < -0.3 is 19.9 Å². The van der Waals surface area contributed by atoms with E-state index in [4.69, 9.17) is 19.6 Å². The van der Waals surface area contributed by atoms with Crippen molar-refractivity contribution >= 4 is 39.5 Å². The van der Waals surface area contributed by atoms with Gasteiger partial charge in [-0.1, -0.05) is 94.8 Å². The molecule has 1 aliphatic heterocycles. The molecule has 0 spiro atoms. The Kier molecular flexibility index (Phi) is 9.29. The highest BCUT2D eigenvalue weighted by Crippen LogP contribution is 2.45. The van der Waals surface area contributed by atoms with E-state index in [1.165, 1.54) is 0 Å². The topological polar surface area (TPSA) is 80.2 Å². The van der Waals surface area contributed by atoms with Crippen LogP contribution < -0.4 is 10.1 Å². The highest BCUT2D eigenvalue weighted by Gasteiger charge is 2.53. The summed E-state index contributed by atoms with van der Waals surface area (Å²) in [6.45, 7) is 0.499. The summed E-state index contributed by atoms with van der Waals surface area (Å²) >= 11 is 3.68. The smallest absolute Gasteiger partial charge is 0.257 e. The lowest BCUT2D eigenvalue weighted by molar-refractivity contribution is -0.123. The maximum Gasteiger partial charge on any atom is 0.257 e. The zero-order valence-corrected chi connectivity index (χ0v) is 24.0. The van der Waals surface area contributed by atoms with Crippen LogP contribution in [0.1, 0.15) is 35.6 Å². The Balaban J connectivity index is 1.56. The normalized spacial score (nSPS) is 18.1. The van der Waals surface area contributed by atoms with Crippen LogP contribution in [0.15, 0.2) is 125 Å². The van der Waals surface area contributed by atoms with Gasteiger partial charge in [0.15, 0.2) is 11.6 Å². The van der Waals surface area contributed by atoms with Gasteiger partial charge in [-0.15, -0.1) is 0 Å². The zero-order chi connectivity index (χ0) is 28.5. The van der Waals surface area contributed by atoms with Gasteiger partial charge in [0.05, 0.1) is 6.61 Å². The molecule has 0 saturated heterocycles. The number of halogens is 1. The molecule has 1 aliphatic rings. The molecule has 2 N–H and O–H groups in total. The van der Waals surface area contributed by atoms with Crippen molar-refractivity contribution in [3.63, 3.8) is 0 Å². The molecule has 2 atom stereocenters. The highest BCUT2D eigenvalue weighted by atomic mass is 79.9. The summed E-state index contributed by atoms with van der Waals surface area (Å²) in [5, 5.41) is 12.1. The summed E-state index contributed by atoms with van der Waals surface area (Å²) in [4.78, 5) is 19.3. The minimum atomic E-state index is -1.30. The number of nitrogens with zero attached hydrogens (tertiary/aromatic N) is 1. The van der Waals surface area contributed by atoms with E-state index >= 15 is 0 Å². The SMILES string of the molecule is O=C(Nc1ccccc1)[C@]1(C/C=C/c2ccccc2)N=C(c2ccc(OCCCO)cc2)O[C@@H]1c1ccccc1Br. The first kappa shape index (κ1) is 28.3. The monoisotopic (exact) mass is 610 g/mol. The lowest BCUT2D eigenvalue weighted by Crippen LogP contribution is -2.44. The van der Waals surface area contributed by atoms with Crippen molar-refractivity contribution < 1.29 is 19.4 Å². The molecule has 41 heavy (non-hydrogen) atoms. The second-order valence-electron chi connectivity index (χ2n) is 9.65. The molecule has 7 heteroatoms. The minimum absolute atomic E-state index is 0.0744. The number of hydrogen-bond acceptors (Lipinski definition) is 5. The van der Waals surface area contributed by atoms with E-state index in [9.17, 15) is 4.79 Å². The number of amides is 1. The first-order valence-electron chi connectivity index (χ1n) is 13.5. The maximum absolute atomic E-state index is 14.3. The van der Waals surface area contributed by atoms with Gasteiger partial charge in [0.25, 0.3) is 5.91 Å². The average molecular weight is 612 g/mol. The number of benzene rings is 4. The molecule has 0 aromatic heterocycles. The number of hydrogen-bond donors (Lipinski definition) is 2. The van der Waals surface area contributed by atoms with Gasteiger partial charge in [-0.25, -0.2) is 4.99 Å². The van der Waals surface area contributed by atoms with Crippen molar-refractivity contribution in [2.24, 2.45) is 4.99 Å². The molecular weight excluding hydrogens is 580 g/mol. The highest BCUT2D eigenvalue weighted by molar-refractivity contribution is 9.10. The number of rotatable bonds is 11. The second kappa shape index (κ2) is 13.4. The Hall–Kier alpha value is -4.20. The molecule has 208 valence electrons. The van der Waals surface area contributed by atoms with Crippen molar-refractivity contribution in [1.29, 1.82) is 0 Å². The fourth-order valence-corrected chi connectivity index (χ4v) is 5.17. The van der Waals surface area contributed by atoms with E-state index in [0.717, 1.165) is 21.2 Å². The van der Waals surface area contributed by atoms with E-state index in [-0.39, 0.29) is 12.5 Å². The van der Waals surface area contributed by atoms with Crippen LogP contribution in [0.3, 0.4) is 0 Å². The number of para-hydroxylation sites is 1. The van der Waals surface area contributed by atoms with Crippen molar-refractivity contribution in [2.75, 3.05) is 18.5 Å². The Morgan fingerprint density at radius 3 is 2.34 bits per heavy atom. The van der Waals surface area contributed by atoms with Crippen LogP contribution in [0.5, 0.6) is 5.75 Å². The molecule has 1 amide bonds. The number of aliphatic imine (C=N–C) groups is 1. The van der Waals surface area contributed by atoms with Crippen molar-refractivity contribution in [3.8, 4) is 5.75 Å². The van der Waals surface area contributed by atoms with Crippen molar-refractivity contribution in [3.05, 3.63) is 136 Å². The number of aliphatic hydroxyl groups is 1. The van der Waals surface area contributed by atoms with E-state index in [2.05, 4.69) is 21.2 Å². The molecule has 0 unspecified atom stereocenters. The molecule has 0 saturated carbocycles. The predicted octanol–water partition coefficient (Wildman–Crippen LogP) is 7.21. The van der Waals surface area contributed by atoms with E-state index in [0.29, 0.717) is 36.8 Å². The Morgan fingerprint density at radius 1 is 0.951 bits per heavy atom. The van der Waals surface area contributed by atoms with Crippen LogP contribution in [0.4, 0.5) is 5.69 Å². The average Bonchev–Trinajstić information content (AvgIpc) is 3.39. The molecule has 6 nitrogen and oxygen atoms in total. The molecule has 1 heterocycles. The summed E-state index contributed by atoms with van der Waals surface area (Å²) < 4.78 is 13.1. The molecule has 0 bridgehead atoms. The van der Waals surface area contributed by atoms with Crippen LogP contribution in [-0.4, -0.2) is 35.7 Å². The Bertz CT molecular complexity index is 1510. The summed E-state index contributed by atoms with van der Waals surface area (Å²) in [6, 6.07) is 34.5. The molecule has 5 rings (SSSR count). The van der Waals surface area contributed by atoms with Crippen LogP contribution in [0.2, 0.25) is 0 Å². The van der Waals surface area contributed by atoms with Crippen LogP contribution >= 0.6 is 15.9 Å². The standard InChI is InChI=1S/C34H31BrN2O4/c35-30-17-8-7-16-29(30)31-34(22-9-13-25-11-3-1-4-12-25,33(39)36-27-14-5-2-6-15-27)37-32(41-31)26-18-20-28(21-19-26)40-24-10-23-38/h1-9,11-21,31,38H,10,22-24H2,(H,36,39)/b13-9+/t31-,34-/m1/s1. The predicted molar refractivity (Wildman–Crippen MR) is 166 cm³/mol. The van der Waals surface area contributed by atoms with Crippen LogP contribution in [0, 0.1) is 0 Å². The molecule has 0 aliphatic carbocycles. The Morgan fingerprint density at radius 2 is 1.63 bits per heavy atom. The number of nitrogens with one attached hydrogen (secondary N) is 1. The van der Waals surface area contributed by atoms with Gasteiger partial charge in [-0.2, -0.15) is 0 Å².